The highest BCUT2D eigenvalue weighted by Crippen LogP contribution is 2.34. The van der Waals surface area contributed by atoms with Gasteiger partial charge in [0, 0.05) is 19.7 Å². The number of carbonyl (C=O) groups excluding carboxylic acids is 1. The van der Waals surface area contributed by atoms with Gasteiger partial charge >= 0.3 is 5.97 Å². The van der Waals surface area contributed by atoms with Crippen LogP contribution in [0.1, 0.15) is 23.0 Å². The van der Waals surface area contributed by atoms with Gasteiger partial charge in [-0.1, -0.05) is 23.8 Å². The highest BCUT2D eigenvalue weighted by Gasteiger charge is 2.22. The summed E-state index contributed by atoms with van der Waals surface area (Å²) in [6.07, 6.45) is 3.28. The summed E-state index contributed by atoms with van der Waals surface area (Å²) in [5.41, 5.74) is 6.50. The van der Waals surface area contributed by atoms with Crippen molar-refractivity contribution in [3.63, 3.8) is 0 Å². The van der Waals surface area contributed by atoms with Gasteiger partial charge < -0.3 is 15.4 Å². The Kier molecular flexibility index (Phi) is 5.58. The first kappa shape index (κ1) is 18.7. The third-order valence-electron chi connectivity index (χ3n) is 3.44. The lowest BCUT2D eigenvalue weighted by atomic mass is 10.1. The quantitative estimate of drug-likeness (QED) is 0.837. The van der Waals surface area contributed by atoms with E-state index in [9.17, 15) is 9.18 Å². The van der Waals surface area contributed by atoms with Crippen LogP contribution in [0.25, 0.3) is 17.5 Å². The molecule has 132 valence electrons. The van der Waals surface area contributed by atoms with Gasteiger partial charge in [0.25, 0.3) is 0 Å². The molecule has 0 saturated carbocycles. The lowest BCUT2D eigenvalue weighted by Gasteiger charge is -2.17. The third-order valence-corrected chi connectivity index (χ3v) is 3.75. The van der Waals surface area contributed by atoms with Crippen molar-refractivity contribution in [3.05, 3.63) is 40.3 Å². The Hall–Kier alpha value is -2.67. The number of methoxy groups -OCH3 is 1. The Balaban J connectivity index is 2.75. The lowest BCUT2D eigenvalue weighted by Crippen LogP contribution is -2.14. The second-order valence-electron chi connectivity index (χ2n) is 5.34. The number of allylic oxidation sites excluding steroid dienone is 1. The maximum atomic E-state index is 14.9. The van der Waals surface area contributed by atoms with E-state index < -0.39 is 11.8 Å². The molecule has 0 bridgehead atoms. The normalized spacial score (nSPS) is 11.0. The molecule has 1 heterocycles. The molecule has 25 heavy (non-hydrogen) atoms. The molecule has 0 atom stereocenters. The minimum Gasteiger partial charge on any atom is -0.464 e. The molecule has 0 aliphatic rings. The average molecular weight is 365 g/mol. The average Bonchev–Trinajstić information content (AvgIpc) is 2.55. The summed E-state index contributed by atoms with van der Waals surface area (Å²) in [7, 11) is 4.56. The first-order chi connectivity index (χ1) is 11.8. The first-order valence-electron chi connectivity index (χ1n) is 7.36. The number of ether oxygens (including phenoxy) is 1. The zero-order chi connectivity index (χ0) is 18.7. The molecule has 0 unspecified atom stereocenters. The van der Waals surface area contributed by atoms with Crippen molar-refractivity contribution in [2.45, 2.75) is 6.92 Å². The number of carbonyl (C=O) groups is 1. The van der Waals surface area contributed by atoms with Crippen molar-refractivity contribution in [3.8, 4) is 11.4 Å². The summed E-state index contributed by atoms with van der Waals surface area (Å²) in [5.74, 6) is -1.27. The molecule has 6 nitrogen and oxygen atoms in total. The lowest BCUT2D eigenvalue weighted by molar-refractivity contribution is 0.0593. The monoisotopic (exact) mass is 364 g/mol. The summed E-state index contributed by atoms with van der Waals surface area (Å²) in [5, 5.41) is 0.248. The standard InChI is InChI=1S/C17H18ClFN4O2/c1-5-6-10-13(17(24)25-4)21-16(22-15(10)20)9-7-8-11(18)14(12(9)19)23(2)3/h5-8H,1-4H3,(H2,20,21,22). The van der Waals surface area contributed by atoms with Gasteiger partial charge in [0.15, 0.2) is 17.3 Å². The van der Waals surface area contributed by atoms with Crippen LogP contribution in [0, 0.1) is 5.82 Å². The molecule has 2 rings (SSSR count). The van der Waals surface area contributed by atoms with Crippen LogP contribution in [0.3, 0.4) is 0 Å². The number of benzene rings is 1. The summed E-state index contributed by atoms with van der Waals surface area (Å²) in [4.78, 5) is 21.9. The fourth-order valence-electron chi connectivity index (χ4n) is 2.31. The van der Waals surface area contributed by atoms with Gasteiger partial charge in [-0.15, -0.1) is 0 Å². The maximum Gasteiger partial charge on any atom is 0.357 e. The maximum absolute atomic E-state index is 14.9. The molecule has 0 aliphatic heterocycles. The molecule has 0 spiro atoms. The van der Waals surface area contributed by atoms with E-state index >= 15 is 0 Å². The SMILES string of the molecule is CC=Cc1c(N)nc(-c2ccc(Cl)c(N(C)C)c2F)nc1C(=O)OC. The summed E-state index contributed by atoms with van der Waals surface area (Å²) < 4.78 is 19.6. The molecule has 0 fully saturated rings. The number of halogens is 2. The van der Waals surface area contributed by atoms with Crippen LogP contribution in [0.5, 0.6) is 0 Å². The molecule has 2 aromatic rings. The summed E-state index contributed by atoms with van der Waals surface area (Å²) in [6, 6.07) is 2.97. The number of nitrogen functional groups attached to an aromatic ring is 1. The van der Waals surface area contributed by atoms with Gasteiger partial charge in [0.2, 0.25) is 0 Å². The number of aromatic nitrogens is 2. The van der Waals surface area contributed by atoms with Crippen molar-refractivity contribution in [2.75, 3.05) is 31.8 Å². The second-order valence-corrected chi connectivity index (χ2v) is 5.75. The Bertz CT molecular complexity index is 853. The van der Waals surface area contributed by atoms with Crippen LogP contribution >= 0.6 is 11.6 Å². The van der Waals surface area contributed by atoms with Crippen LogP contribution < -0.4 is 10.6 Å². The minimum absolute atomic E-state index is 0.0246. The molecule has 2 N–H and O–H groups in total. The van der Waals surface area contributed by atoms with Crippen molar-refractivity contribution in [1.82, 2.24) is 9.97 Å². The number of nitrogens with two attached hydrogens (primary N) is 1. The highest BCUT2D eigenvalue weighted by atomic mass is 35.5. The predicted octanol–water partition coefficient (Wildman–Crippen LogP) is 3.40. The molecule has 0 aliphatic carbocycles. The molecule has 1 aromatic heterocycles. The van der Waals surface area contributed by atoms with E-state index in [1.807, 2.05) is 0 Å². The van der Waals surface area contributed by atoms with Gasteiger partial charge in [0.1, 0.15) is 5.82 Å². The van der Waals surface area contributed by atoms with E-state index in [2.05, 4.69) is 9.97 Å². The zero-order valence-electron chi connectivity index (χ0n) is 14.3. The first-order valence-corrected chi connectivity index (χ1v) is 7.73. The largest absolute Gasteiger partial charge is 0.464 e. The number of nitrogens with zero attached hydrogens (tertiary/aromatic N) is 3. The number of hydrogen-bond acceptors (Lipinski definition) is 6. The Morgan fingerprint density at radius 2 is 2.04 bits per heavy atom. The van der Waals surface area contributed by atoms with Crippen molar-refractivity contribution < 1.29 is 13.9 Å². The Morgan fingerprint density at radius 1 is 1.36 bits per heavy atom. The molecule has 0 radical (unpaired) electrons. The molecular weight excluding hydrogens is 347 g/mol. The van der Waals surface area contributed by atoms with Crippen LogP contribution in [0.15, 0.2) is 18.2 Å². The number of hydrogen-bond donors (Lipinski definition) is 1. The fraction of sp³-hybridized carbons (Fsp3) is 0.235. The fourth-order valence-corrected chi connectivity index (χ4v) is 2.63. The van der Waals surface area contributed by atoms with Crippen LogP contribution in [-0.2, 0) is 4.74 Å². The second kappa shape index (κ2) is 7.48. The van der Waals surface area contributed by atoms with E-state index in [4.69, 9.17) is 22.1 Å². The van der Waals surface area contributed by atoms with Gasteiger partial charge in [-0.05, 0) is 19.1 Å². The summed E-state index contributed by atoms with van der Waals surface area (Å²) >= 11 is 6.06. The highest BCUT2D eigenvalue weighted by molar-refractivity contribution is 6.33. The summed E-state index contributed by atoms with van der Waals surface area (Å²) in [6.45, 7) is 1.76. The third kappa shape index (κ3) is 3.56. The molecule has 0 amide bonds. The van der Waals surface area contributed by atoms with E-state index in [-0.39, 0.29) is 33.6 Å². The van der Waals surface area contributed by atoms with Gasteiger partial charge in [0.05, 0.1) is 23.4 Å². The Labute approximate surface area is 150 Å². The Morgan fingerprint density at radius 3 is 2.60 bits per heavy atom. The van der Waals surface area contributed by atoms with Crippen LogP contribution in [0.4, 0.5) is 15.9 Å². The number of esters is 1. The van der Waals surface area contributed by atoms with Crippen LogP contribution in [-0.4, -0.2) is 37.1 Å². The predicted molar refractivity (Wildman–Crippen MR) is 97.2 cm³/mol. The number of anilines is 2. The van der Waals surface area contributed by atoms with Gasteiger partial charge in [-0.2, -0.15) is 0 Å². The molecule has 1 aromatic carbocycles. The van der Waals surface area contributed by atoms with E-state index in [0.717, 1.165) is 0 Å². The van der Waals surface area contributed by atoms with Crippen molar-refractivity contribution in [1.29, 1.82) is 0 Å². The number of rotatable bonds is 4. The van der Waals surface area contributed by atoms with Crippen molar-refractivity contribution >= 4 is 35.2 Å². The van der Waals surface area contributed by atoms with E-state index in [1.54, 1.807) is 38.1 Å². The smallest absolute Gasteiger partial charge is 0.357 e. The van der Waals surface area contributed by atoms with Crippen molar-refractivity contribution in [2.24, 2.45) is 0 Å². The van der Waals surface area contributed by atoms with Crippen LogP contribution in [0.2, 0.25) is 5.02 Å². The zero-order valence-corrected chi connectivity index (χ0v) is 15.1. The molecule has 8 heteroatoms. The van der Waals surface area contributed by atoms with E-state index in [0.29, 0.717) is 5.56 Å². The van der Waals surface area contributed by atoms with Gasteiger partial charge in [-0.25, -0.2) is 19.2 Å². The van der Waals surface area contributed by atoms with Gasteiger partial charge in [-0.3, -0.25) is 0 Å². The molecule has 0 saturated heterocycles. The topological polar surface area (TPSA) is 81.3 Å². The minimum atomic E-state index is -0.689. The molecular formula is C17H18ClFN4O2. The van der Waals surface area contributed by atoms with E-state index in [1.165, 1.54) is 19.2 Å².